The van der Waals surface area contributed by atoms with Crippen molar-refractivity contribution in [2.45, 2.75) is 51.4 Å². The maximum absolute atomic E-state index is 5.04. The predicted octanol–water partition coefficient (Wildman–Crippen LogP) is 2.97. The van der Waals surface area contributed by atoms with Crippen molar-refractivity contribution in [3.63, 3.8) is 0 Å². The SMILES string of the molecule is COCCNCC1CCC2(CCCC2)CC1. The van der Waals surface area contributed by atoms with Gasteiger partial charge in [0.05, 0.1) is 6.61 Å². The fraction of sp³-hybridized carbons (Fsp3) is 1.00. The first-order valence-electron chi connectivity index (χ1n) is 7.04. The molecule has 0 radical (unpaired) electrons. The minimum absolute atomic E-state index is 0.795. The lowest BCUT2D eigenvalue weighted by Crippen LogP contribution is -2.31. The van der Waals surface area contributed by atoms with Gasteiger partial charge in [-0.05, 0) is 56.4 Å². The summed E-state index contributed by atoms with van der Waals surface area (Å²) in [4.78, 5) is 0. The molecule has 0 heterocycles. The second-order valence-corrected chi connectivity index (χ2v) is 5.85. The molecule has 0 atom stereocenters. The molecule has 0 aromatic rings. The normalized spacial score (nSPS) is 25.3. The molecule has 0 bridgehead atoms. The van der Waals surface area contributed by atoms with Crippen molar-refractivity contribution in [2.24, 2.45) is 11.3 Å². The summed E-state index contributed by atoms with van der Waals surface area (Å²) >= 11 is 0. The number of rotatable bonds is 5. The van der Waals surface area contributed by atoms with Crippen molar-refractivity contribution < 1.29 is 4.74 Å². The smallest absolute Gasteiger partial charge is 0.0587 e. The van der Waals surface area contributed by atoms with Crippen molar-refractivity contribution in [1.82, 2.24) is 5.32 Å². The standard InChI is InChI=1S/C14H27NO/c1-16-11-10-15-12-13-4-8-14(9-5-13)6-2-3-7-14/h13,15H,2-12H2,1H3. The predicted molar refractivity (Wildman–Crippen MR) is 67.6 cm³/mol. The van der Waals surface area contributed by atoms with Crippen molar-refractivity contribution >= 4 is 0 Å². The van der Waals surface area contributed by atoms with E-state index in [1.807, 2.05) is 0 Å². The van der Waals surface area contributed by atoms with Crippen molar-refractivity contribution in [1.29, 1.82) is 0 Å². The molecule has 0 amide bonds. The molecular weight excluding hydrogens is 198 g/mol. The number of ether oxygens (including phenoxy) is 1. The van der Waals surface area contributed by atoms with Crippen LogP contribution in [0.1, 0.15) is 51.4 Å². The lowest BCUT2D eigenvalue weighted by atomic mass is 9.69. The maximum atomic E-state index is 5.04. The summed E-state index contributed by atoms with van der Waals surface area (Å²) in [5, 5.41) is 3.51. The molecule has 2 nitrogen and oxygen atoms in total. The molecule has 0 unspecified atom stereocenters. The molecule has 0 aromatic heterocycles. The molecule has 2 fully saturated rings. The summed E-state index contributed by atoms with van der Waals surface area (Å²) in [6.45, 7) is 3.06. The highest BCUT2D eigenvalue weighted by Crippen LogP contribution is 2.49. The van der Waals surface area contributed by atoms with Crippen LogP contribution in [-0.4, -0.2) is 26.8 Å². The van der Waals surface area contributed by atoms with Gasteiger partial charge < -0.3 is 10.1 Å². The van der Waals surface area contributed by atoms with Gasteiger partial charge in [0, 0.05) is 13.7 Å². The van der Waals surface area contributed by atoms with E-state index in [0.29, 0.717) is 0 Å². The summed E-state index contributed by atoms with van der Waals surface area (Å²) < 4.78 is 5.04. The lowest BCUT2D eigenvalue weighted by molar-refractivity contribution is 0.149. The first-order chi connectivity index (χ1) is 7.85. The molecule has 16 heavy (non-hydrogen) atoms. The van der Waals surface area contributed by atoms with Gasteiger partial charge in [-0.3, -0.25) is 0 Å². The Bertz CT molecular complexity index is 189. The van der Waals surface area contributed by atoms with Gasteiger partial charge in [0.1, 0.15) is 0 Å². The third kappa shape index (κ3) is 3.21. The molecular formula is C14H27NO. The molecule has 2 aliphatic rings. The third-order valence-corrected chi connectivity index (χ3v) is 4.75. The fourth-order valence-electron chi connectivity index (χ4n) is 3.60. The van der Waals surface area contributed by atoms with E-state index in [2.05, 4.69) is 5.32 Å². The quantitative estimate of drug-likeness (QED) is 0.726. The van der Waals surface area contributed by atoms with Crippen LogP contribution < -0.4 is 5.32 Å². The van der Waals surface area contributed by atoms with Gasteiger partial charge in [0.2, 0.25) is 0 Å². The van der Waals surface area contributed by atoms with Crippen LogP contribution in [0.15, 0.2) is 0 Å². The molecule has 2 saturated carbocycles. The van der Waals surface area contributed by atoms with Crippen LogP contribution in [0.2, 0.25) is 0 Å². The average Bonchev–Trinajstić information content (AvgIpc) is 2.76. The summed E-state index contributed by atoms with van der Waals surface area (Å²) in [5.74, 6) is 0.933. The Morgan fingerprint density at radius 2 is 1.81 bits per heavy atom. The number of hydrogen-bond donors (Lipinski definition) is 1. The topological polar surface area (TPSA) is 21.3 Å². The van der Waals surface area contributed by atoms with Crippen LogP contribution in [0.4, 0.5) is 0 Å². The zero-order valence-corrected chi connectivity index (χ0v) is 10.8. The van der Waals surface area contributed by atoms with E-state index in [0.717, 1.165) is 24.5 Å². The van der Waals surface area contributed by atoms with Crippen molar-refractivity contribution in [3.8, 4) is 0 Å². The minimum atomic E-state index is 0.795. The van der Waals surface area contributed by atoms with Crippen LogP contribution in [0.25, 0.3) is 0 Å². The highest BCUT2D eigenvalue weighted by Gasteiger charge is 2.37. The van der Waals surface area contributed by atoms with Crippen molar-refractivity contribution in [2.75, 3.05) is 26.8 Å². The highest BCUT2D eigenvalue weighted by atomic mass is 16.5. The summed E-state index contributed by atoms with van der Waals surface area (Å²) in [6, 6.07) is 0. The molecule has 94 valence electrons. The van der Waals surface area contributed by atoms with Crippen LogP contribution >= 0.6 is 0 Å². The maximum Gasteiger partial charge on any atom is 0.0587 e. The molecule has 1 N–H and O–H groups in total. The first-order valence-corrected chi connectivity index (χ1v) is 7.04. The van der Waals surface area contributed by atoms with E-state index in [9.17, 15) is 0 Å². The minimum Gasteiger partial charge on any atom is -0.383 e. The van der Waals surface area contributed by atoms with E-state index in [1.54, 1.807) is 7.11 Å². The van der Waals surface area contributed by atoms with Crippen molar-refractivity contribution in [3.05, 3.63) is 0 Å². The van der Waals surface area contributed by atoms with Crippen LogP contribution in [0, 0.1) is 11.3 Å². The van der Waals surface area contributed by atoms with Gasteiger partial charge in [-0.1, -0.05) is 12.8 Å². The van der Waals surface area contributed by atoms with Gasteiger partial charge in [-0.25, -0.2) is 0 Å². The molecule has 0 saturated heterocycles. The van der Waals surface area contributed by atoms with Crippen LogP contribution in [-0.2, 0) is 4.74 Å². The summed E-state index contributed by atoms with van der Waals surface area (Å²) in [7, 11) is 1.77. The Hall–Kier alpha value is -0.0800. The Morgan fingerprint density at radius 3 is 2.44 bits per heavy atom. The molecule has 0 aliphatic heterocycles. The van der Waals surface area contributed by atoms with Gasteiger partial charge in [-0.2, -0.15) is 0 Å². The number of nitrogens with one attached hydrogen (secondary N) is 1. The number of hydrogen-bond acceptors (Lipinski definition) is 2. The second-order valence-electron chi connectivity index (χ2n) is 5.85. The van der Waals surface area contributed by atoms with E-state index >= 15 is 0 Å². The van der Waals surface area contributed by atoms with Gasteiger partial charge in [-0.15, -0.1) is 0 Å². The average molecular weight is 225 g/mol. The number of methoxy groups -OCH3 is 1. The Morgan fingerprint density at radius 1 is 1.12 bits per heavy atom. The van der Waals surface area contributed by atoms with E-state index in [4.69, 9.17) is 4.74 Å². The van der Waals surface area contributed by atoms with Crippen LogP contribution in [0.3, 0.4) is 0 Å². The Labute approximate surface area is 100 Å². The Kier molecular flexibility index (Phi) is 4.66. The van der Waals surface area contributed by atoms with Crippen LogP contribution in [0.5, 0.6) is 0 Å². The van der Waals surface area contributed by atoms with Gasteiger partial charge >= 0.3 is 0 Å². The Balaban J connectivity index is 1.61. The first kappa shape index (κ1) is 12.4. The summed E-state index contributed by atoms with van der Waals surface area (Å²) in [6.07, 6.45) is 12.0. The van der Waals surface area contributed by atoms with Gasteiger partial charge in [0.25, 0.3) is 0 Å². The van der Waals surface area contributed by atoms with E-state index in [1.165, 1.54) is 57.9 Å². The zero-order chi connectivity index (χ0) is 11.3. The fourth-order valence-corrected chi connectivity index (χ4v) is 3.60. The van der Waals surface area contributed by atoms with Gasteiger partial charge in [0.15, 0.2) is 0 Å². The highest BCUT2D eigenvalue weighted by molar-refractivity contribution is 4.89. The summed E-state index contributed by atoms with van der Waals surface area (Å²) in [5.41, 5.74) is 0.795. The molecule has 2 aliphatic carbocycles. The molecule has 1 spiro atoms. The van der Waals surface area contributed by atoms with E-state index in [-0.39, 0.29) is 0 Å². The monoisotopic (exact) mass is 225 g/mol. The second kappa shape index (κ2) is 6.02. The largest absolute Gasteiger partial charge is 0.383 e. The van der Waals surface area contributed by atoms with E-state index < -0.39 is 0 Å². The molecule has 0 aromatic carbocycles. The zero-order valence-electron chi connectivity index (χ0n) is 10.8. The molecule has 2 rings (SSSR count). The third-order valence-electron chi connectivity index (χ3n) is 4.75. The molecule has 2 heteroatoms. The lowest BCUT2D eigenvalue weighted by Gasteiger charge is -2.37.